The Hall–Kier alpha value is -1.93. The summed E-state index contributed by atoms with van der Waals surface area (Å²) in [5.41, 5.74) is 1.16. The topological polar surface area (TPSA) is 80.5 Å². The van der Waals surface area contributed by atoms with E-state index in [2.05, 4.69) is 0 Å². The van der Waals surface area contributed by atoms with E-state index in [9.17, 15) is 18.5 Å². The standard InChI is InChI=1S/C14H14N2O4S2/c1-10-4-7-14(21-10)22(19,20)15-8-2-3-11-5-6-12(16(17)18)9-13(11)15/h4-7,9H,2-3,8H2,1H3. The van der Waals surface area contributed by atoms with Gasteiger partial charge in [-0.05, 0) is 37.5 Å². The van der Waals surface area contributed by atoms with Crippen molar-refractivity contribution in [2.24, 2.45) is 0 Å². The van der Waals surface area contributed by atoms with E-state index in [0.29, 0.717) is 18.7 Å². The van der Waals surface area contributed by atoms with Crippen LogP contribution in [0.25, 0.3) is 0 Å². The molecule has 1 aromatic carbocycles. The molecule has 0 N–H and O–H groups in total. The van der Waals surface area contributed by atoms with Crippen LogP contribution in [0.1, 0.15) is 16.9 Å². The van der Waals surface area contributed by atoms with Crippen molar-refractivity contribution in [1.29, 1.82) is 0 Å². The molecule has 0 bridgehead atoms. The maximum atomic E-state index is 12.8. The largest absolute Gasteiger partial charge is 0.273 e. The Morgan fingerprint density at radius 2 is 2.05 bits per heavy atom. The zero-order valence-electron chi connectivity index (χ0n) is 11.9. The van der Waals surface area contributed by atoms with Crippen molar-refractivity contribution in [1.82, 2.24) is 0 Å². The third kappa shape index (κ3) is 2.48. The van der Waals surface area contributed by atoms with E-state index in [1.54, 1.807) is 18.2 Å². The van der Waals surface area contributed by atoms with Crippen molar-refractivity contribution < 1.29 is 13.3 Å². The first-order valence-corrected chi connectivity index (χ1v) is 9.02. The van der Waals surface area contributed by atoms with Gasteiger partial charge in [0.05, 0.1) is 10.6 Å². The summed E-state index contributed by atoms with van der Waals surface area (Å²) in [4.78, 5) is 11.4. The highest BCUT2D eigenvalue weighted by Gasteiger charge is 2.31. The van der Waals surface area contributed by atoms with Crippen molar-refractivity contribution in [3.05, 3.63) is 50.9 Å². The second kappa shape index (κ2) is 5.36. The summed E-state index contributed by atoms with van der Waals surface area (Å²) in [5.74, 6) is 0. The van der Waals surface area contributed by atoms with Crippen molar-refractivity contribution in [2.75, 3.05) is 10.8 Å². The Kier molecular flexibility index (Phi) is 3.65. The van der Waals surface area contributed by atoms with E-state index in [-0.39, 0.29) is 9.90 Å². The molecule has 1 aliphatic heterocycles. The van der Waals surface area contributed by atoms with Crippen LogP contribution in [0.3, 0.4) is 0 Å². The zero-order chi connectivity index (χ0) is 15.9. The van der Waals surface area contributed by atoms with Gasteiger partial charge in [-0.3, -0.25) is 14.4 Å². The lowest BCUT2D eigenvalue weighted by Gasteiger charge is -2.29. The van der Waals surface area contributed by atoms with Crippen LogP contribution in [-0.2, 0) is 16.4 Å². The molecule has 22 heavy (non-hydrogen) atoms. The first-order valence-electron chi connectivity index (χ1n) is 6.76. The fourth-order valence-corrected chi connectivity index (χ4v) is 5.48. The van der Waals surface area contributed by atoms with Crippen LogP contribution < -0.4 is 4.31 Å². The highest BCUT2D eigenvalue weighted by Crippen LogP contribution is 2.36. The molecule has 0 saturated heterocycles. The van der Waals surface area contributed by atoms with Gasteiger partial charge in [0.1, 0.15) is 4.21 Å². The molecule has 0 radical (unpaired) electrons. The second-order valence-electron chi connectivity index (χ2n) is 5.12. The number of nitro groups is 1. The van der Waals surface area contributed by atoms with Crippen LogP contribution in [0.4, 0.5) is 11.4 Å². The molecule has 3 rings (SSSR count). The summed E-state index contributed by atoms with van der Waals surface area (Å²) in [6.07, 6.45) is 1.43. The first-order chi connectivity index (χ1) is 10.4. The van der Waals surface area contributed by atoms with Crippen molar-refractivity contribution in [2.45, 2.75) is 24.0 Å². The molecule has 0 unspecified atom stereocenters. The summed E-state index contributed by atoms with van der Waals surface area (Å²) >= 11 is 1.21. The molecular formula is C14H14N2O4S2. The van der Waals surface area contributed by atoms with Gasteiger partial charge >= 0.3 is 0 Å². The normalized spacial score (nSPS) is 14.7. The van der Waals surface area contributed by atoms with Crippen LogP contribution in [0.15, 0.2) is 34.5 Å². The number of nitrogens with zero attached hydrogens (tertiary/aromatic N) is 2. The number of fused-ring (bicyclic) bond motifs is 1. The number of sulfonamides is 1. The lowest BCUT2D eigenvalue weighted by atomic mass is 10.0. The molecule has 0 aliphatic carbocycles. The first kappa shape index (κ1) is 15.0. The maximum absolute atomic E-state index is 12.8. The van der Waals surface area contributed by atoms with E-state index in [4.69, 9.17) is 0 Å². The molecule has 2 aromatic rings. The van der Waals surface area contributed by atoms with Crippen LogP contribution in [0, 0.1) is 17.0 Å². The Morgan fingerprint density at radius 3 is 2.68 bits per heavy atom. The molecule has 1 aromatic heterocycles. The Morgan fingerprint density at radius 1 is 1.27 bits per heavy atom. The summed E-state index contributed by atoms with van der Waals surface area (Å²) in [5, 5.41) is 11.0. The highest BCUT2D eigenvalue weighted by molar-refractivity contribution is 7.94. The fourth-order valence-electron chi connectivity index (χ4n) is 2.55. The SMILES string of the molecule is Cc1ccc(S(=O)(=O)N2CCCc3ccc([N+](=O)[O-])cc32)s1. The number of non-ortho nitro benzene ring substituents is 1. The van der Waals surface area contributed by atoms with E-state index in [1.165, 1.54) is 27.8 Å². The van der Waals surface area contributed by atoms with Crippen LogP contribution in [0.5, 0.6) is 0 Å². The molecule has 0 amide bonds. The average Bonchev–Trinajstić information content (AvgIpc) is 2.93. The van der Waals surface area contributed by atoms with E-state index >= 15 is 0 Å². The number of benzene rings is 1. The van der Waals surface area contributed by atoms with Gasteiger partial charge in [0, 0.05) is 23.6 Å². The maximum Gasteiger partial charge on any atom is 0.273 e. The molecule has 6 nitrogen and oxygen atoms in total. The van der Waals surface area contributed by atoms with E-state index < -0.39 is 14.9 Å². The molecule has 8 heteroatoms. The Bertz CT molecular complexity index is 842. The number of thiophene rings is 1. The Labute approximate surface area is 132 Å². The van der Waals surface area contributed by atoms with Crippen molar-refractivity contribution in [3.63, 3.8) is 0 Å². The predicted molar refractivity (Wildman–Crippen MR) is 85.0 cm³/mol. The van der Waals surface area contributed by atoms with E-state index in [1.807, 2.05) is 6.92 Å². The number of aryl methyl sites for hydroxylation is 2. The summed E-state index contributed by atoms with van der Waals surface area (Å²) < 4.78 is 27.2. The number of nitro benzene ring substituents is 1. The van der Waals surface area contributed by atoms with Gasteiger partial charge in [-0.25, -0.2) is 8.42 Å². The molecule has 1 aliphatic rings. The molecule has 2 heterocycles. The smallest absolute Gasteiger partial charge is 0.265 e. The van der Waals surface area contributed by atoms with Gasteiger partial charge in [-0.2, -0.15) is 0 Å². The van der Waals surface area contributed by atoms with Crippen LogP contribution in [0.2, 0.25) is 0 Å². The van der Waals surface area contributed by atoms with E-state index in [0.717, 1.165) is 16.9 Å². The Balaban J connectivity index is 2.11. The quantitative estimate of drug-likeness (QED) is 0.636. The lowest BCUT2D eigenvalue weighted by Crippen LogP contribution is -2.35. The van der Waals surface area contributed by atoms with Crippen molar-refractivity contribution in [3.8, 4) is 0 Å². The van der Waals surface area contributed by atoms with Gasteiger partial charge < -0.3 is 0 Å². The summed E-state index contributed by atoms with van der Waals surface area (Å²) in [7, 11) is -3.67. The fraction of sp³-hybridized carbons (Fsp3) is 0.286. The molecule has 0 spiro atoms. The minimum Gasteiger partial charge on any atom is -0.265 e. The van der Waals surface area contributed by atoms with Gasteiger partial charge in [0.15, 0.2) is 0 Å². The summed E-state index contributed by atoms with van der Waals surface area (Å²) in [6, 6.07) is 7.77. The molecule has 116 valence electrons. The second-order valence-corrected chi connectivity index (χ2v) is 8.49. The minimum atomic E-state index is -3.67. The molecular weight excluding hydrogens is 324 g/mol. The van der Waals surface area contributed by atoms with Gasteiger partial charge in [0.25, 0.3) is 15.7 Å². The summed E-state index contributed by atoms with van der Waals surface area (Å²) in [6.45, 7) is 2.19. The molecule has 0 fully saturated rings. The highest BCUT2D eigenvalue weighted by atomic mass is 32.2. The molecule has 0 atom stereocenters. The predicted octanol–water partition coefficient (Wildman–Crippen LogP) is 3.11. The molecule has 0 saturated carbocycles. The zero-order valence-corrected chi connectivity index (χ0v) is 13.5. The van der Waals surface area contributed by atoms with Gasteiger partial charge in [-0.1, -0.05) is 6.07 Å². The minimum absolute atomic E-state index is 0.0942. The van der Waals surface area contributed by atoms with Crippen molar-refractivity contribution >= 4 is 32.7 Å². The number of hydrogen-bond donors (Lipinski definition) is 0. The average molecular weight is 338 g/mol. The number of hydrogen-bond acceptors (Lipinski definition) is 5. The lowest BCUT2D eigenvalue weighted by molar-refractivity contribution is -0.384. The number of rotatable bonds is 3. The third-order valence-electron chi connectivity index (χ3n) is 3.62. The monoisotopic (exact) mass is 338 g/mol. The van der Waals surface area contributed by atoms with Gasteiger partial charge in [0.2, 0.25) is 0 Å². The third-order valence-corrected chi connectivity index (χ3v) is 6.90. The van der Waals surface area contributed by atoms with Crippen LogP contribution in [-0.4, -0.2) is 19.9 Å². The number of anilines is 1. The van der Waals surface area contributed by atoms with Gasteiger partial charge in [-0.15, -0.1) is 11.3 Å². The van der Waals surface area contributed by atoms with Crippen LogP contribution >= 0.6 is 11.3 Å².